The Morgan fingerprint density at radius 1 is 1.42 bits per heavy atom. The zero-order chi connectivity index (χ0) is 13.9. The van der Waals surface area contributed by atoms with Crippen LogP contribution in [0.5, 0.6) is 0 Å². The molecule has 7 nitrogen and oxygen atoms in total. The van der Waals surface area contributed by atoms with Crippen molar-refractivity contribution in [2.45, 2.75) is 18.7 Å². The van der Waals surface area contributed by atoms with Gasteiger partial charge in [-0.15, -0.1) is 0 Å². The third kappa shape index (κ3) is 3.38. The molecule has 0 unspecified atom stereocenters. The lowest BCUT2D eigenvalue weighted by atomic mass is 10.4. The Kier molecular flexibility index (Phi) is 3.96. The van der Waals surface area contributed by atoms with E-state index in [0.29, 0.717) is 18.2 Å². The number of rotatable bonds is 5. The predicted molar refractivity (Wildman–Crippen MR) is 73.9 cm³/mol. The number of aryl methyl sites for hydroxylation is 1. The van der Waals surface area contributed by atoms with E-state index in [1.165, 1.54) is 18.3 Å². The summed E-state index contributed by atoms with van der Waals surface area (Å²) >= 11 is 1.00. The highest BCUT2D eigenvalue weighted by molar-refractivity contribution is 7.93. The Hall–Kier alpha value is -1.74. The minimum Gasteiger partial charge on any atom is -0.370 e. The summed E-state index contributed by atoms with van der Waals surface area (Å²) in [7, 11) is -3.66. The van der Waals surface area contributed by atoms with Gasteiger partial charge in [0.25, 0.3) is 10.0 Å². The van der Waals surface area contributed by atoms with Crippen LogP contribution in [-0.2, 0) is 10.0 Å². The molecule has 2 N–H and O–H groups in total. The van der Waals surface area contributed by atoms with Gasteiger partial charge in [-0.3, -0.25) is 4.72 Å². The van der Waals surface area contributed by atoms with Gasteiger partial charge in [0.2, 0.25) is 5.13 Å². The Bertz CT molecular complexity index is 668. The van der Waals surface area contributed by atoms with E-state index in [0.717, 1.165) is 11.5 Å². The topological polar surface area (TPSA) is 96.9 Å². The van der Waals surface area contributed by atoms with Crippen molar-refractivity contribution in [3.63, 3.8) is 0 Å². The molecular formula is C10H13N5O2S2. The fourth-order valence-corrected chi connectivity index (χ4v) is 3.18. The number of anilines is 2. The molecule has 2 rings (SSSR count). The van der Waals surface area contributed by atoms with Crippen molar-refractivity contribution >= 4 is 32.5 Å². The zero-order valence-electron chi connectivity index (χ0n) is 10.4. The van der Waals surface area contributed by atoms with Crippen LogP contribution in [0.4, 0.5) is 10.9 Å². The molecule has 0 spiro atoms. The summed E-state index contributed by atoms with van der Waals surface area (Å²) in [6, 6.07) is 2.90. The Morgan fingerprint density at radius 3 is 2.84 bits per heavy atom. The summed E-state index contributed by atoms with van der Waals surface area (Å²) in [6.07, 6.45) is 1.44. The van der Waals surface area contributed by atoms with Crippen LogP contribution in [0.1, 0.15) is 12.7 Å². The molecule has 19 heavy (non-hydrogen) atoms. The fourth-order valence-electron chi connectivity index (χ4n) is 1.37. The highest BCUT2D eigenvalue weighted by atomic mass is 32.2. The van der Waals surface area contributed by atoms with Crippen LogP contribution in [0.15, 0.2) is 23.2 Å². The Labute approximate surface area is 115 Å². The monoisotopic (exact) mass is 299 g/mol. The maximum Gasteiger partial charge on any atom is 0.263 e. The van der Waals surface area contributed by atoms with Crippen molar-refractivity contribution in [2.75, 3.05) is 16.6 Å². The first-order valence-corrected chi connectivity index (χ1v) is 7.80. The van der Waals surface area contributed by atoms with Crippen LogP contribution in [0.3, 0.4) is 0 Å². The van der Waals surface area contributed by atoms with Crippen molar-refractivity contribution in [1.82, 2.24) is 14.3 Å². The summed E-state index contributed by atoms with van der Waals surface area (Å²) in [6.45, 7) is 4.27. The fraction of sp³-hybridized carbons (Fsp3) is 0.300. The maximum atomic E-state index is 12.1. The molecule has 0 aliphatic carbocycles. The quantitative estimate of drug-likeness (QED) is 0.868. The minimum atomic E-state index is -3.66. The molecule has 9 heteroatoms. The van der Waals surface area contributed by atoms with Crippen molar-refractivity contribution in [3.05, 3.63) is 24.2 Å². The summed E-state index contributed by atoms with van der Waals surface area (Å²) in [5, 5.41) is 3.21. The first kappa shape index (κ1) is 13.7. The molecular weight excluding hydrogens is 286 g/mol. The van der Waals surface area contributed by atoms with Crippen LogP contribution >= 0.6 is 11.5 Å². The Morgan fingerprint density at radius 2 is 2.21 bits per heavy atom. The molecule has 0 aliphatic rings. The molecule has 2 aromatic rings. The largest absolute Gasteiger partial charge is 0.370 e. The van der Waals surface area contributed by atoms with Gasteiger partial charge in [0.05, 0.1) is 4.90 Å². The lowest BCUT2D eigenvalue weighted by Crippen LogP contribution is -2.13. The number of hydrogen-bond acceptors (Lipinski definition) is 7. The van der Waals surface area contributed by atoms with Crippen molar-refractivity contribution in [1.29, 1.82) is 0 Å². The van der Waals surface area contributed by atoms with Crippen molar-refractivity contribution < 1.29 is 8.42 Å². The summed E-state index contributed by atoms with van der Waals surface area (Å²) < 4.78 is 30.6. The second-order valence-corrected chi connectivity index (χ2v) is 6.09. The van der Waals surface area contributed by atoms with Crippen LogP contribution in [0.2, 0.25) is 0 Å². The van der Waals surface area contributed by atoms with Gasteiger partial charge in [0, 0.05) is 30.3 Å². The van der Waals surface area contributed by atoms with E-state index >= 15 is 0 Å². The van der Waals surface area contributed by atoms with Crippen LogP contribution in [-0.4, -0.2) is 29.3 Å². The molecule has 102 valence electrons. The number of nitrogens with one attached hydrogen (secondary N) is 2. The number of nitrogens with zero attached hydrogens (tertiary/aromatic N) is 3. The van der Waals surface area contributed by atoms with Gasteiger partial charge in [-0.1, -0.05) is 0 Å². The Balaban J connectivity index is 2.26. The molecule has 0 amide bonds. The van der Waals surface area contributed by atoms with E-state index in [4.69, 9.17) is 0 Å². The standard InChI is InChI=1S/C10H13N5O2S2/c1-3-11-9-6-8(4-5-12-9)19(16,17)15-10-13-7(2)14-18-10/h4-6H,3H2,1-2H3,(H,11,12)(H,13,14,15). The molecule has 2 aromatic heterocycles. The maximum absolute atomic E-state index is 12.1. The molecule has 0 fully saturated rings. The first-order chi connectivity index (χ1) is 9.01. The van der Waals surface area contributed by atoms with E-state index in [9.17, 15) is 8.42 Å². The van der Waals surface area contributed by atoms with E-state index in [1.54, 1.807) is 6.92 Å². The lowest BCUT2D eigenvalue weighted by Gasteiger charge is -2.07. The van der Waals surface area contributed by atoms with Crippen LogP contribution in [0.25, 0.3) is 0 Å². The average Bonchev–Trinajstić information content (AvgIpc) is 2.75. The van der Waals surface area contributed by atoms with Crippen molar-refractivity contribution in [3.8, 4) is 0 Å². The van der Waals surface area contributed by atoms with Crippen LogP contribution < -0.4 is 10.0 Å². The third-order valence-corrected chi connectivity index (χ3v) is 4.34. The van der Waals surface area contributed by atoms with E-state index in [-0.39, 0.29) is 10.0 Å². The van der Waals surface area contributed by atoms with Gasteiger partial charge in [0.15, 0.2) is 0 Å². The molecule has 0 radical (unpaired) electrons. The van der Waals surface area contributed by atoms with E-state index < -0.39 is 10.0 Å². The molecule has 0 aromatic carbocycles. The SMILES string of the molecule is CCNc1cc(S(=O)(=O)Nc2nc(C)ns2)ccn1. The predicted octanol–water partition coefficient (Wildman–Crippen LogP) is 1.47. The number of aromatic nitrogens is 3. The number of pyridine rings is 1. The average molecular weight is 299 g/mol. The number of sulfonamides is 1. The second-order valence-electron chi connectivity index (χ2n) is 3.66. The summed E-state index contributed by atoms with van der Waals surface area (Å²) in [5.41, 5.74) is 0. The normalized spacial score (nSPS) is 11.3. The van der Waals surface area contributed by atoms with Gasteiger partial charge in [-0.2, -0.15) is 4.37 Å². The van der Waals surface area contributed by atoms with Crippen LogP contribution in [0, 0.1) is 6.92 Å². The molecule has 0 saturated carbocycles. The zero-order valence-corrected chi connectivity index (χ0v) is 12.0. The third-order valence-electron chi connectivity index (χ3n) is 2.15. The van der Waals surface area contributed by atoms with E-state index in [2.05, 4.69) is 24.4 Å². The van der Waals surface area contributed by atoms with Gasteiger partial charge in [0.1, 0.15) is 11.6 Å². The van der Waals surface area contributed by atoms with E-state index in [1.807, 2.05) is 6.92 Å². The first-order valence-electron chi connectivity index (χ1n) is 5.54. The highest BCUT2D eigenvalue weighted by Crippen LogP contribution is 2.18. The van der Waals surface area contributed by atoms with Gasteiger partial charge >= 0.3 is 0 Å². The van der Waals surface area contributed by atoms with Crippen molar-refractivity contribution in [2.24, 2.45) is 0 Å². The minimum absolute atomic E-state index is 0.131. The van der Waals surface area contributed by atoms with Gasteiger partial charge < -0.3 is 5.32 Å². The molecule has 0 atom stereocenters. The molecule has 0 bridgehead atoms. The second kappa shape index (κ2) is 5.49. The molecule has 2 heterocycles. The highest BCUT2D eigenvalue weighted by Gasteiger charge is 2.17. The van der Waals surface area contributed by atoms with Gasteiger partial charge in [-0.05, 0) is 19.9 Å². The van der Waals surface area contributed by atoms with Gasteiger partial charge in [-0.25, -0.2) is 18.4 Å². The molecule has 0 aliphatic heterocycles. The smallest absolute Gasteiger partial charge is 0.263 e. The summed E-state index contributed by atoms with van der Waals surface area (Å²) in [5.74, 6) is 1.05. The summed E-state index contributed by atoms with van der Waals surface area (Å²) in [4.78, 5) is 8.12. The lowest BCUT2D eigenvalue weighted by molar-refractivity contribution is 0.601. The molecule has 0 saturated heterocycles. The number of hydrogen-bond donors (Lipinski definition) is 2.